The number of aromatic nitrogens is 2. The number of hydrogen-bond acceptors (Lipinski definition) is 3. The van der Waals surface area contributed by atoms with Crippen LogP contribution in [0.2, 0.25) is 5.02 Å². The Kier molecular flexibility index (Phi) is 6.73. The van der Waals surface area contributed by atoms with Gasteiger partial charge < -0.3 is 14.2 Å². The molecule has 0 saturated carbocycles. The molecule has 6 nitrogen and oxygen atoms in total. The molecule has 3 rings (SSSR count). The highest BCUT2D eigenvalue weighted by molar-refractivity contribution is 6.34. The Labute approximate surface area is 178 Å². The van der Waals surface area contributed by atoms with Gasteiger partial charge in [-0.05, 0) is 25.0 Å². The van der Waals surface area contributed by atoms with Gasteiger partial charge in [0, 0.05) is 25.6 Å². The molecule has 0 spiro atoms. The lowest BCUT2D eigenvalue weighted by Crippen LogP contribution is -2.43. The maximum atomic E-state index is 13.1. The molecule has 0 N–H and O–H groups in total. The SMILES string of the molecule is CCCC(CCC)n1c(CC)nc2c1CN(C)C(=O)N2c1ccc(OC)cc1Cl. The third kappa shape index (κ3) is 3.95. The molecular formula is C22H31ClN4O2. The number of nitrogens with zero attached hydrogens (tertiary/aromatic N) is 4. The highest BCUT2D eigenvalue weighted by atomic mass is 35.5. The van der Waals surface area contributed by atoms with Crippen LogP contribution in [-0.4, -0.2) is 34.6 Å². The minimum absolute atomic E-state index is 0.126. The van der Waals surface area contributed by atoms with Crippen LogP contribution in [0.15, 0.2) is 18.2 Å². The number of hydrogen-bond donors (Lipinski definition) is 0. The Morgan fingerprint density at radius 1 is 1.21 bits per heavy atom. The van der Waals surface area contributed by atoms with Gasteiger partial charge in [-0.15, -0.1) is 0 Å². The summed E-state index contributed by atoms with van der Waals surface area (Å²) in [6.45, 7) is 7.11. The van der Waals surface area contributed by atoms with Crippen molar-refractivity contribution in [2.24, 2.45) is 0 Å². The lowest BCUT2D eigenvalue weighted by molar-refractivity contribution is 0.211. The van der Waals surface area contributed by atoms with Crippen molar-refractivity contribution in [3.63, 3.8) is 0 Å². The Balaban J connectivity index is 2.17. The molecule has 2 amide bonds. The molecule has 0 fully saturated rings. The Bertz CT molecular complexity index is 874. The monoisotopic (exact) mass is 418 g/mol. The van der Waals surface area contributed by atoms with Crippen LogP contribution in [0.3, 0.4) is 0 Å². The lowest BCUT2D eigenvalue weighted by atomic mass is 10.1. The minimum Gasteiger partial charge on any atom is -0.497 e. The van der Waals surface area contributed by atoms with Gasteiger partial charge in [0.15, 0.2) is 5.82 Å². The van der Waals surface area contributed by atoms with Crippen molar-refractivity contribution >= 4 is 29.1 Å². The smallest absolute Gasteiger partial charge is 0.330 e. The van der Waals surface area contributed by atoms with Gasteiger partial charge >= 0.3 is 6.03 Å². The number of carbonyl (C=O) groups excluding carboxylic acids is 1. The number of rotatable bonds is 8. The number of fused-ring (bicyclic) bond motifs is 1. The van der Waals surface area contributed by atoms with Gasteiger partial charge in [-0.1, -0.05) is 45.2 Å². The van der Waals surface area contributed by atoms with Gasteiger partial charge in [0.1, 0.15) is 11.6 Å². The average molecular weight is 419 g/mol. The molecule has 2 heterocycles. The number of methoxy groups -OCH3 is 1. The average Bonchev–Trinajstić information content (AvgIpc) is 3.07. The summed E-state index contributed by atoms with van der Waals surface area (Å²) < 4.78 is 7.65. The third-order valence-electron chi connectivity index (χ3n) is 5.50. The molecule has 1 aromatic heterocycles. The van der Waals surface area contributed by atoms with Gasteiger partial charge in [-0.2, -0.15) is 0 Å². The first-order chi connectivity index (χ1) is 14.0. The first-order valence-electron chi connectivity index (χ1n) is 10.4. The second-order valence-electron chi connectivity index (χ2n) is 7.54. The Morgan fingerprint density at radius 3 is 2.45 bits per heavy atom. The maximum Gasteiger partial charge on any atom is 0.330 e. The molecule has 0 saturated heterocycles. The number of urea groups is 1. The van der Waals surface area contributed by atoms with Crippen molar-refractivity contribution in [2.75, 3.05) is 19.1 Å². The van der Waals surface area contributed by atoms with Crippen LogP contribution in [0.4, 0.5) is 16.3 Å². The standard InChI is InChI=1S/C22H31ClN4O2/c1-6-9-15(10-7-2)26-19-14-25(4)22(28)27(21(19)24-20(26)8-3)18-12-11-16(29-5)13-17(18)23/h11-13,15H,6-10,14H2,1-5H3. The summed E-state index contributed by atoms with van der Waals surface area (Å²) in [5.74, 6) is 2.39. The van der Waals surface area contributed by atoms with Crippen LogP contribution >= 0.6 is 11.6 Å². The number of anilines is 2. The molecule has 1 aliphatic rings. The quantitative estimate of drug-likeness (QED) is 0.532. The van der Waals surface area contributed by atoms with Gasteiger partial charge in [0.25, 0.3) is 0 Å². The van der Waals surface area contributed by atoms with E-state index in [0.29, 0.717) is 34.9 Å². The van der Waals surface area contributed by atoms with Crippen LogP contribution in [0.1, 0.15) is 64.0 Å². The van der Waals surface area contributed by atoms with E-state index < -0.39 is 0 Å². The topological polar surface area (TPSA) is 50.6 Å². The molecular weight excluding hydrogens is 388 g/mol. The number of aryl methyl sites for hydroxylation is 1. The number of imidazole rings is 1. The predicted molar refractivity (Wildman–Crippen MR) is 117 cm³/mol. The minimum atomic E-state index is -0.126. The van der Waals surface area contributed by atoms with Crippen molar-refractivity contribution in [3.8, 4) is 5.75 Å². The molecule has 158 valence electrons. The Morgan fingerprint density at radius 2 is 1.90 bits per heavy atom. The third-order valence-corrected chi connectivity index (χ3v) is 5.80. The molecule has 1 aliphatic heterocycles. The van der Waals surface area contributed by atoms with Crippen LogP contribution in [0.5, 0.6) is 5.75 Å². The molecule has 7 heteroatoms. The summed E-state index contributed by atoms with van der Waals surface area (Å²) in [6, 6.07) is 5.64. The number of carbonyl (C=O) groups is 1. The van der Waals surface area contributed by atoms with Crippen molar-refractivity contribution in [1.82, 2.24) is 14.5 Å². The van der Waals surface area contributed by atoms with E-state index in [2.05, 4.69) is 25.3 Å². The zero-order chi connectivity index (χ0) is 21.1. The van der Waals surface area contributed by atoms with E-state index >= 15 is 0 Å². The highest BCUT2D eigenvalue weighted by Gasteiger charge is 2.36. The molecule has 0 unspecified atom stereocenters. The molecule has 1 aromatic carbocycles. The zero-order valence-corrected chi connectivity index (χ0v) is 18.8. The van der Waals surface area contributed by atoms with Crippen LogP contribution in [0, 0.1) is 0 Å². The van der Waals surface area contributed by atoms with Crippen molar-refractivity contribution in [3.05, 3.63) is 34.7 Å². The fraction of sp³-hybridized carbons (Fsp3) is 0.545. The summed E-state index contributed by atoms with van der Waals surface area (Å²) in [4.78, 5) is 21.4. The normalized spacial score (nSPS) is 14.0. The van der Waals surface area contributed by atoms with E-state index in [1.54, 1.807) is 23.0 Å². The number of halogens is 1. The summed E-state index contributed by atoms with van der Waals surface area (Å²) in [5.41, 5.74) is 1.71. The van der Waals surface area contributed by atoms with Crippen LogP contribution < -0.4 is 9.64 Å². The molecule has 0 aliphatic carbocycles. The van der Waals surface area contributed by atoms with Crippen LogP contribution in [0.25, 0.3) is 0 Å². The predicted octanol–water partition coefficient (Wildman–Crippen LogP) is 5.95. The van der Waals surface area contributed by atoms with Gasteiger partial charge in [0.2, 0.25) is 0 Å². The zero-order valence-electron chi connectivity index (χ0n) is 18.0. The first-order valence-corrected chi connectivity index (χ1v) is 10.8. The highest BCUT2D eigenvalue weighted by Crippen LogP contribution is 2.41. The van der Waals surface area contributed by atoms with Gasteiger partial charge in [0.05, 0.1) is 30.1 Å². The summed E-state index contributed by atoms with van der Waals surface area (Å²) in [6.07, 6.45) is 5.25. The fourth-order valence-electron chi connectivity index (χ4n) is 4.15. The summed E-state index contributed by atoms with van der Waals surface area (Å²) in [7, 11) is 3.42. The van der Waals surface area contributed by atoms with E-state index in [-0.39, 0.29) is 6.03 Å². The van der Waals surface area contributed by atoms with Crippen LogP contribution in [-0.2, 0) is 13.0 Å². The molecule has 0 radical (unpaired) electrons. The van der Waals surface area contributed by atoms with E-state index in [9.17, 15) is 4.79 Å². The number of benzene rings is 1. The maximum absolute atomic E-state index is 13.1. The van der Waals surface area contributed by atoms with Gasteiger partial charge in [-0.25, -0.2) is 14.7 Å². The second kappa shape index (κ2) is 9.08. The van der Waals surface area contributed by atoms with E-state index in [1.807, 2.05) is 19.2 Å². The molecule has 29 heavy (non-hydrogen) atoms. The molecule has 0 atom stereocenters. The number of ether oxygens (including phenoxy) is 1. The second-order valence-corrected chi connectivity index (χ2v) is 7.95. The van der Waals surface area contributed by atoms with E-state index in [0.717, 1.165) is 43.6 Å². The largest absolute Gasteiger partial charge is 0.497 e. The first kappa shape index (κ1) is 21.5. The van der Waals surface area contributed by atoms with Gasteiger partial charge in [-0.3, -0.25) is 0 Å². The fourth-order valence-corrected chi connectivity index (χ4v) is 4.40. The summed E-state index contributed by atoms with van der Waals surface area (Å²) in [5, 5.41) is 0.463. The van der Waals surface area contributed by atoms with E-state index in [4.69, 9.17) is 21.3 Å². The Hall–Kier alpha value is -2.21. The van der Waals surface area contributed by atoms with Crippen molar-refractivity contribution in [2.45, 2.75) is 65.5 Å². The molecule has 2 aromatic rings. The molecule has 0 bridgehead atoms. The summed E-state index contributed by atoms with van der Waals surface area (Å²) >= 11 is 6.54. The number of amides is 2. The van der Waals surface area contributed by atoms with Crippen molar-refractivity contribution < 1.29 is 9.53 Å². The van der Waals surface area contributed by atoms with E-state index in [1.165, 1.54) is 0 Å². The van der Waals surface area contributed by atoms with Crippen molar-refractivity contribution in [1.29, 1.82) is 0 Å². The lowest BCUT2D eigenvalue weighted by Gasteiger charge is -2.34.